The lowest BCUT2D eigenvalue weighted by molar-refractivity contribution is -0.137. The average molecular weight is 351 g/mol. The third kappa shape index (κ3) is 5.74. The van der Waals surface area contributed by atoms with Crippen LogP contribution in [-0.4, -0.2) is 27.5 Å². The normalized spacial score (nSPS) is 20.4. The number of benzene rings is 1. The van der Waals surface area contributed by atoms with Crippen molar-refractivity contribution in [2.45, 2.75) is 57.6 Å². The largest absolute Gasteiger partial charge is 0.481 e. The summed E-state index contributed by atoms with van der Waals surface area (Å²) in [7, 11) is 0. The van der Waals surface area contributed by atoms with Crippen LogP contribution >= 0.6 is 12.8 Å². The minimum atomic E-state index is -0.771. The lowest BCUT2D eigenvalue weighted by Crippen LogP contribution is -2.40. The number of rotatable bonds is 7. The van der Waals surface area contributed by atoms with Crippen molar-refractivity contribution in [3.8, 4) is 0 Å². The standard InChI is InChI=1S/C18H25NO4S/c20-17(21)12-6-10-15-9-4-5-11-16(15)19(24)18(22)23-13-14-7-2-1-3-8-14/h1-3,7-8,15-16,24H,4-6,9-13H2,(H,20,21)/t15-,16-/m0/s1. The molecule has 1 aromatic rings. The number of hydrogen-bond donors (Lipinski definition) is 2. The Labute approximate surface area is 148 Å². The number of ether oxygens (including phenoxy) is 1. The van der Waals surface area contributed by atoms with Crippen LogP contribution in [0.25, 0.3) is 0 Å². The Balaban J connectivity index is 1.85. The smallest absolute Gasteiger partial charge is 0.420 e. The molecular weight excluding hydrogens is 326 g/mol. The van der Waals surface area contributed by atoms with Gasteiger partial charge in [-0.1, -0.05) is 56.0 Å². The fourth-order valence-electron chi connectivity index (χ4n) is 3.28. The fraction of sp³-hybridized carbons (Fsp3) is 0.556. The molecular formula is C18H25NO4S. The van der Waals surface area contributed by atoms with Gasteiger partial charge in [0.1, 0.15) is 6.61 Å². The summed E-state index contributed by atoms with van der Waals surface area (Å²) in [6, 6.07) is 9.55. The second kappa shape index (κ2) is 9.57. The topological polar surface area (TPSA) is 66.8 Å². The zero-order valence-corrected chi connectivity index (χ0v) is 14.7. The van der Waals surface area contributed by atoms with Crippen molar-refractivity contribution in [3.63, 3.8) is 0 Å². The highest BCUT2D eigenvalue weighted by Gasteiger charge is 2.32. The molecule has 5 nitrogen and oxygen atoms in total. The Kier molecular flexibility index (Phi) is 7.43. The highest BCUT2D eigenvalue weighted by atomic mass is 32.1. The van der Waals surface area contributed by atoms with Gasteiger partial charge in [-0.15, -0.1) is 0 Å². The fourth-order valence-corrected chi connectivity index (χ4v) is 3.64. The lowest BCUT2D eigenvalue weighted by atomic mass is 9.81. The number of amides is 1. The Morgan fingerprint density at radius 1 is 1.21 bits per heavy atom. The molecule has 0 heterocycles. The van der Waals surface area contributed by atoms with E-state index in [4.69, 9.17) is 9.84 Å². The average Bonchev–Trinajstić information content (AvgIpc) is 2.60. The van der Waals surface area contributed by atoms with Crippen LogP contribution in [0.15, 0.2) is 30.3 Å². The van der Waals surface area contributed by atoms with E-state index in [1.807, 2.05) is 30.3 Å². The molecule has 0 unspecified atom stereocenters. The van der Waals surface area contributed by atoms with Crippen molar-refractivity contribution in [2.75, 3.05) is 0 Å². The number of carbonyl (C=O) groups is 2. The quantitative estimate of drug-likeness (QED) is 0.720. The second-order valence-corrected chi connectivity index (χ2v) is 6.71. The molecule has 24 heavy (non-hydrogen) atoms. The first kappa shape index (κ1) is 18.6. The lowest BCUT2D eigenvalue weighted by Gasteiger charge is -2.36. The van der Waals surface area contributed by atoms with Crippen molar-refractivity contribution in [1.82, 2.24) is 4.31 Å². The Bertz CT molecular complexity index is 537. The molecule has 1 aliphatic carbocycles. The van der Waals surface area contributed by atoms with Gasteiger partial charge < -0.3 is 9.84 Å². The predicted octanol–water partition coefficient (Wildman–Crippen LogP) is 4.28. The van der Waals surface area contributed by atoms with Gasteiger partial charge in [-0.05, 0) is 37.2 Å². The SMILES string of the molecule is O=C(O)CCC[C@@H]1CCCC[C@@H]1N(S)C(=O)OCc1ccccc1. The molecule has 0 aromatic heterocycles. The maximum absolute atomic E-state index is 12.3. The summed E-state index contributed by atoms with van der Waals surface area (Å²) in [6.07, 6.45) is 5.26. The van der Waals surface area contributed by atoms with E-state index in [0.29, 0.717) is 12.3 Å². The first-order valence-corrected chi connectivity index (χ1v) is 8.88. The van der Waals surface area contributed by atoms with Crippen LogP contribution in [0.4, 0.5) is 4.79 Å². The molecule has 1 aliphatic rings. The van der Waals surface area contributed by atoms with E-state index in [1.54, 1.807) is 0 Å². The van der Waals surface area contributed by atoms with Crippen LogP contribution in [-0.2, 0) is 16.1 Å². The molecule has 0 saturated heterocycles. The zero-order chi connectivity index (χ0) is 17.4. The highest BCUT2D eigenvalue weighted by Crippen LogP contribution is 2.33. The van der Waals surface area contributed by atoms with Crippen molar-refractivity contribution in [2.24, 2.45) is 5.92 Å². The molecule has 2 rings (SSSR count). The van der Waals surface area contributed by atoms with Crippen LogP contribution in [0.1, 0.15) is 50.5 Å². The minimum Gasteiger partial charge on any atom is -0.481 e. The Morgan fingerprint density at radius 2 is 1.92 bits per heavy atom. The van der Waals surface area contributed by atoms with Crippen molar-refractivity contribution < 1.29 is 19.4 Å². The molecule has 0 radical (unpaired) electrons. The van der Waals surface area contributed by atoms with Gasteiger partial charge in [-0.25, -0.2) is 4.79 Å². The number of nitrogens with zero attached hydrogens (tertiary/aromatic N) is 1. The Hall–Kier alpha value is -1.69. The Morgan fingerprint density at radius 3 is 2.62 bits per heavy atom. The van der Waals surface area contributed by atoms with Crippen LogP contribution in [0.3, 0.4) is 0 Å². The van der Waals surface area contributed by atoms with Gasteiger partial charge in [-0.3, -0.25) is 9.10 Å². The number of thiol groups is 1. The van der Waals surface area contributed by atoms with E-state index >= 15 is 0 Å². The van der Waals surface area contributed by atoms with E-state index in [0.717, 1.165) is 37.7 Å². The van der Waals surface area contributed by atoms with Crippen molar-refractivity contribution >= 4 is 24.9 Å². The number of carboxylic acids is 1. The summed E-state index contributed by atoms with van der Waals surface area (Å²) in [5.41, 5.74) is 0.939. The zero-order valence-electron chi connectivity index (χ0n) is 13.8. The van der Waals surface area contributed by atoms with E-state index < -0.39 is 12.1 Å². The maximum Gasteiger partial charge on any atom is 0.420 e. The number of carboxylic acid groups (broad SMARTS) is 1. The molecule has 1 N–H and O–H groups in total. The van der Waals surface area contributed by atoms with E-state index in [9.17, 15) is 9.59 Å². The molecule has 0 spiro atoms. The molecule has 1 saturated carbocycles. The molecule has 6 heteroatoms. The first-order valence-electron chi connectivity index (χ1n) is 8.48. The van der Waals surface area contributed by atoms with Gasteiger partial charge in [0, 0.05) is 12.5 Å². The summed E-state index contributed by atoms with van der Waals surface area (Å²) in [5, 5.41) is 8.78. The molecule has 1 fully saturated rings. The maximum atomic E-state index is 12.3. The molecule has 2 atom stereocenters. The van der Waals surface area contributed by atoms with Crippen LogP contribution in [0, 0.1) is 5.92 Å². The van der Waals surface area contributed by atoms with Gasteiger partial charge in [0.15, 0.2) is 0 Å². The van der Waals surface area contributed by atoms with Gasteiger partial charge in [0.05, 0.1) is 0 Å². The van der Waals surface area contributed by atoms with E-state index in [2.05, 4.69) is 12.8 Å². The number of aliphatic carboxylic acids is 1. The predicted molar refractivity (Wildman–Crippen MR) is 94.7 cm³/mol. The molecule has 0 aliphatic heterocycles. The minimum absolute atomic E-state index is 0.0131. The van der Waals surface area contributed by atoms with E-state index in [-0.39, 0.29) is 19.1 Å². The third-order valence-corrected chi connectivity index (χ3v) is 5.00. The molecule has 132 valence electrons. The highest BCUT2D eigenvalue weighted by molar-refractivity contribution is 7.78. The summed E-state index contributed by atoms with van der Waals surface area (Å²) in [5.74, 6) is -0.479. The summed E-state index contributed by atoms with van der Waals surface area (Å²) in [4.78, 5) is 23.0. The van der Waals surface area contributed by atoms with Gasteiger partial charge in [-0.2, -0.15) is 0 Å². The summed E-state index contributed by atoms with van der Waals surface area (Å²) < 4.78 is 6.76. The second-order valence-electron chi connectivity index (χ2n) is 6.28. The first-order chi connectivity index (χ1) is 11.6. The van der Waals surface area contributed by atoms with E-state index in [1.165, 1.54) is 4.31 Å². The summed E-state index contributed by atoms with van der Waals surface area (Å²) >= 11 is 4.38. The van der Waals surface area contributed by atoms with Crippen LogP contribution in [0.2, 0.25) is 0 Å². The van der Waals surface area contributed by atoms with Crippen LogP contribution in [0.5, 0.6) is 0 Å². The van der Waals surface area contributed by atoms with Gasteiger partial charge in [0.2, 0.25) is 0 Å². The summed E-state index contributed by atoms with van der Waals surface area (Å²) in [6.45, 7) is 0.229. The number of hydrogen-bond acceptors (Lipinski definition) is 4. The van der Waals surface area contributed by atoms with Crippen molar-refractivity contribution in [1.29, 1.82) is 0 Å². The number of carbonyl (C=O) groups excluding carboxylic acids is 1. The molecule has 0 bridgehead atoms. The van der Waals surface area contributed by atoms with Gasteiger partial charge in [0.25, 0.3) is 0 Å². The van der Waals surface area contributed by atoms with Gasteiger partial charge >= 0.3 is 12.1 Å². The van der Waals surface area contributed by atoms with Crippen molar-refractivity contribution in [3.05, 3.63) is 35.9 Å². The molecule has 1 amide bonds. The molecule has 1 aromatic carbocycles. The monoisotopic (exact) mass is 351 g/mol. The third-order valence-electron chi connectivity index (χ3n) is 4.54. The van der Waals surface area contributed by atoms with Crippen LogP contribution < -0.4 is 0 Å².